The van der Waals surface area contributed by atoms with Gasteiger partial charge in [-0.3, -0.25) is 9.59 Å². The normalized spacial score (nSPS) is 14.4. The summed E-state index contributed by atoms with van der Waals surface area (Å²) in [6.45, 7) is 2.26. The molecule has 6 heteroatoms. The molecule has 0 saturated heterocycles. The number of hydrogen-bond acceptors (Lipinski definition) is 3. The second-order valence-corrected chi connectivity index (χ2v) is 6.94. The molecule has 1 aliphatic rings. The molecule has 0 unspecified atom stereocenters. The van der Waals surface area contributed by atoms with Crippen molar-refractivity contribution in [3.8, 4) is 5.75 Å². The molecular weight excluding hydrogens is 352 g/mol. The summed E-state index contributed by atoms with van der Waals surface area (Å²) in [5, 5.41) is 6.25. The van der Waals surface area contributed by atoms with E-state index in [0.29, 0.717) is 30.1 Å². The molecule has 136 valence electrons. The zero-order valence-corrected chi connectivity index (χ0v) is 15.5. The van der Waals surface area contributed by atoms with E-state index in [0.717, 1.165) is 16.9 Å². The van der Waals surface area contributed by atoms with Gasteiger partial charge in [-0.25, -0.2) is 0 Å². The van der Waals surface area contributed by atoms with Crippen LogP contribution in [0.2, 0.25) is 5.02 Å². The van der Waals surface area contributed by atoms with E-state index in [4.69, 9.17) is 16.3 Å². The van der Waals surface area contributed by atoms with Crippen LogP contribution in [0.1, 0.15) is 24.0 Å². The summed E-state index contributed by atoms with van der Waals surface area (Å²) in [6, 6.07) is 12.7. The third kappa shape index (κ3) is 3.83. The molecule has 2 aromatic carbocycles. The first-order valence-corrected chi connectivity index (χ1v) is 8.81. The van der Waals surface area contributed by atoms with Crippen LogP contribution in [0.4, 0.5) is 5.69 Å². The lowest BCUT2D eigenvalue weighted by Gasteiger charge is -2.16. The smallest absolute Gasteiger partial charge is 0.240 e. The van der Waals surface area contributed by atoms with Gasteiger partial charge in [0.1, 0.15) is 11.2 Å². The largest absolute Gasteiger partial charge is 0.497 e. The predicted octanol–water partition coefficient (Wildman–Crippen LogP) is 3.69. The van der Waals surface area contributed by atoms with Crippen LogP contribution in [0.5, 0.6) is 5.75 Å². The Balaban J connectivity index is 1.60. The highest BCUT2D eigenvalue weighted by atomic mass is 35.5. The van der Waals surface area contributed by atoms with E-state index in [1.165, 1.54) is 0 Å². The van der Waals surface area contributed by atoms with Crippen LogP contribution < -0.4 is 15.4 Å². The summed E-state index contributed by atoms with van der Waals surface area (Å²) in [5.74, 6) is 0.226. The molecule has 2 N–H and O–H groups in total. The number of carbonyl (C=O) groups is 2. The summed E-state index contributed by atoms with van der Waals surface area (Å²) >= 11 is 6.09. The van der Waals surface area contributed by atoms with Gasteiger partial charge in [-0.2, -0.15) is 0 Å². The predicted molar refractivity (Wildman–Crippen MR) is 101 cm³/mol. The first-order chi connectivity index (χ1) is 12.4. The average Bonchev–Trinajstić information content (AvgIpc) is 3.45. The Hall–Kier alpha value is -2.53. The molecule has 0 aliphatic heterocycles. The molecule has 0 heterocycles. The van der Waals surface area contributed by atoms with Gasteiger partial charge in [0, 0.05) is 17.3 Å². The molecule has 0 bridgehead atoms. The monoisotopic (exact) mass is 372 g/mol. The van der Waals surface area contributed by atoms with Gasteiger partial charge in [-0.15, -0.1) is 0 Å². The lowest BCUT2D eigenvalue weighted by atomic mass is 10.0. The molecule has 1 aliphatic carbocycles. The Morgan fingerprint density at radius 1 is 1.12 bits per heavy atom. The second-order valence-electron chi connectivity index (χ2n) is 6.53. The van der Waals surface area contributed by atoms with Gasteiger partial charge >= 0.3 is 0 Å². The molecule has 2 amide bonds. The second kappa shape index (κ2) is 7.38. The van der Waals surface area contributed by atoms with E-state index in [1.54, 1.807) is 19.2 Å². The molecule has 0 spiro atoms. The lowest BCUT2D eigenvalue weighted by molar-refractivity contribution is -0.134. The van der Waals surface area contributed by atoms with Crippen molar-refractivity contribution in [3.63, 3.8) is 0 Å². The fourth-order valence-electron chi connectivity index (χ4n) is 2.70. The van der Waals surface area contributed by atoms with E-state index >= 15 is 0 Å². The van der Waals surface area contributed by atoms with Gasteiger partial charge in [0.05, 0.1) is 7.11 Å². The maximum atomic E-state index is 12.6. The maximum Gasteiger partial charge on any atom is 0.240 e. The van der Waals surface area contributed by atoms with Crippen molar-refractivity contribution in [1.29, 1.82) is 0 Å². The van der Waals surface area contributed by atoms with Gasteiger partial charge in [0.2, 0.25) is 11.8 Å². The van der Waals surface area contributed by atoms with Crippen molar-refractivity contribution in [2.24, 2.45) is 5.41 Å². The zero-order chi connectivity index (χ0) is 18.7. The van der Waals surface area contributed by atoms with E-state index in [9.17, 15) is 9.59 Å². The lowest BCUT2D eigenvalue weighted by Crippen LogP contribution is -2.39. The highest BCUT2D eigenvalue weighted by Gasteiger charge is 2.56. The highest BCUT2D eigenvalue weighted by Crippen LogP contribution is 2.47. The number of nitrogens with one attached hydrogen (secondary N) is 2. The molecule has 1 fully saturated rings. The Morgan fingerprint density at radius 3 is 2.38 bits per heavy atom. The van der Waals surface area contributed by atoms with Crippen LogP contribution in [0, 0.1) is 12.3 Å². The summed E-state index contributed by atoms with van der Waals surface area (Å²) < 4.78 is 5.11. The fraction of sp³-hybridized carbons (Fsp3) is 0.300. The number of methoxy groups -OCH3 is 1. The van der Waals surface area contributed by atoms with E-state index in [2.05, 4.69) is 10.6 Å². The number of aryl methyl sites for hydroxylation is 1. The van der Waals surface area contributed by atoms with Crippen molar-refractivity contribution in [1.82, 2.24) is 5.32 Å². The van der Waals surface area contributed by atoms with Crippen molar-refractivity contribution in [3.05, 3.63) is 58.6 Å². The fourth-order valence-corrected chi connectivity index (χ4v) is 2.88. The van der Waals surface area contributed by atoms with Gasteiger partial charge in [-0.1, -0.05) is 29.8 Å². The zero-order valence-electron chi connectivity index (χ0n) is 14.8. The first-order valence-electron chi connectivity index (χ1n) is 8.43. The van der Waals surface area contributed by atoms with Crippen molar-refractivity contribution >= 4 is 29.1 Å². The average molecular weight is 373 g/mol. The van der Waals surface area contributed by atoms with Crippen LogP contribution >= 0.6 is 11.6 Å². The van der Waals surface area contributed by atoms with Gasteiger partial charge < -0.3 is 15.4 Å². The maximum absolute atomic E-state index is 12.6. The summed E-state index contributed by atoms with van der Waals surface area (Å²) in [7, 11) is 1.60. The summed E-state index contributed by atoms with van der Waals surface area (Å²) in [4.78, 5) is 25.2. The number of hydrogen-bond donors (Lipinski definition) is 2. The number of rotatable bonds is 6. The number of carbonyl (C=O) groups excluding carboxylic acids is 2. The van der Waals surface area contributed by atoms with Gasteiger partial charge in [0.25, 0.3) is 0 Å². The molecule has 0 atom stereocenters. The molecule has 3 rings (SSSR count). The minimum absolute atomic E-state index is 0.246. The molecule has 0 radical (unpaired) electrons. The first kappa shape index (κ1) is 18.3. The number of ether oxygens (including phenoxy) is 1. The number of amides is 2. The third-order valence-electron chi connectivity index (χ3n) is 4.66. The Kier molecular flexibility index (Phi) is 5.18. The minimum Gasteiger partial charge on any atom is -0.497 e. The Bertz CT molecular complexity index is 829. The summed E-state index contributed by atoms with van der Waals surface area (Å²) in [6.07, 6.45) is 1.10. The Labute approximate surface area is 157 Å². The van der Waals surface area contributed by atoms with Crippen LogP contribution in [0.3, 0.4) is 0 Å². The molecule has 1 saturated carbocycles. The molecule has 5 nitrogen and oxygen atoms in total. The van der Waals surface area contributed by atoms with Crippen LogP contribution in [-0.2, 0) is 16.1 Å². The topological polar surface area (TPSA) is 67.4 Å². The standard InChI is InChI=1S/C20H21ClN2O3/c1-13-3-6-15(11-17(13)21)23-19(25)20(9-10-20)18(24)22-12-14-4-7-16(26-2)8-5-14/h3-8,11H,9-10,12H2,1-2H3,(H,22,24)(H,23,25). The number of anilines is 1. The highest BCUT2D eigenvalue weighted by molar-refractivity contribution is 6.31. The SMILES string of the molecule is COc1ccc(CNC(=O)C2(C(=O)Nc3ccc(C)c(Cl)c3)CC2)cc1. The Morgan fingerprint density at radius 2 is 1.81 bits per heavy atom. The molecule has 2 aromatic rings. The molecular formula is C20H21ClN2O3. The van der Waals surface area contributed by atoms with Crippen molar-refractivity contribution in [2.45, 2.75) is 26.3 Å². The van der Waals surface area contributed by atoms with Gasteiger partial charge in [0.15, 0.2) is 0 Å². The van der Waals surface area contributed by atoms with Crippen LogP contribution in [0.15, 0.2) is 42.5 Å². The molecule has 0 aromatic heterocycles. The number of halogens is 1. The van der Waals surface area contributed by atoms with E-state index in [-0.39, 0.29) is 11.8 Å². The van der Waals surface area contributed by atoms with Crippen LogP contribution in [-0.4, -0.2) is 18.9 Å². The van der Waals surface area contributed by atoms with Gasteiger partial charge in [-0.05, 0) is 55.2 Å². The quantitative estimate of drug-likeness (QED) is 0.760. The van der Waals surface area contributed by atoms with E-state index < -0.39 is 5.41 Å². The van der Waals surface area contributed by atoms with E-state index in [1.807, 2.05) is 37.3 Å². The van der Waals surface area contributed by atoms with Crippen molar-refractivity contribution < 1.29 is 14.3 Å². The number of benzene rings is 2. The van der Waals surface area contributed by atoms with Crippen LogP contribution in [0.25, 0.3) is 0 Å². The third-order valence-corrected chi connectivity index (χ3v) is 5.07. The summed E-state index contributed by atoms with van der Waals surface area (Å²) in [5.41, 5.74) is 1.49. The van der Waals surface area contributed by atoms with Crippen molar-refractivity contribution in [2.75, 3.05) is 12.4 Å². The molecule has 26 heavy (non-hydrogen) atoms. The minimum atomic E-state index is -0.982.